The lowest BCUT2D eigenvalue weighted by molar-refractivity contribution is 0.104. The number of rotatable bonds is 7. The Morgan fingerprint density at radius 2 is 1.74 bits per heavy atom. The zero-order valence-corrected chi connectivity index (χ0v) is 15.8. The van der Waals surface area contributed by atoms with Crippen LogP contribution in [0.25, 0.3) is 6.08 Å². The number of thiophene rings is 1. The molecule has 0 radical (unpaired) electrons. The summed E-state index contributed by atoms with van der Waals surface area (Å²) in [6.07, 6.45) is 3.18. The van der Waals surface area contributed by atoms with Crippen LogP contribution >= 0.6 is 11.3 Å². The molecule has 0 unspecified atom stereocenters. The summed E-state index contributed by atoms with van der Waals surface area (Å²) < 4.78 is 40.1. The highest BCUT2D eigenvalue weighted by molar-refractivity contribution is 7.89. The van der Waals surface area contributed by atoms with E-state index in [0.717, 1.165) is 4.88 Å². The molecule has 4 nitrogen and oxygen atoms in total. The zero-order valence-electron chi connectivity index (χ0n) is 14.1. The molecule has 3 aromatic rings. The van der Waals surface area contributed by atoms with Crippen LogP contribution in [0.15, 0.2) is 77.0 Å². The van der Waals surface area contributed by atoms with Crippen molar-refractivity contribution in [2.45, 2.75) is 11.4 Å². The van der Waals surface area contributed by atoms with Crippen molar-refractivity contribution in [3.63, 3.8) is 0 Å². The highest BCUT2D eigenvalue weighted by Crippen LogP contribution is 2.14. The van der Waals surface area contributed by atoms with Crippen LogP contribution < -0.4 is 4.72 Å². The highest BCUT2D eigenvalue weighted by atomic mass is 32.2. The summed E-state index contributed by atoms with van der Waals surface area (Å²) in [5.41, 5.74) is 1.05. The van der Waals surface area contributed by atoms with E-state index in [1.807, 2.05) is 17.5 Å². The molecule has 0 saturated heterocycles. The lowest BCUT2D eigenvalue weighted by atomic mass is 10.1. The molecule has 1 N–H and O–H groups in total. The summed E-state index contributed by atoms with van der Waals surface area (Å²) in [5.74, 6) is -0.582. The van der Waals surface area contributed by atoms with Crippen LogP contribution in [0.5, 0.6) is 0 Å². The van der Waals surface area contributed by atoms with E-state index >= 15 is 0 Å². The molecule has 0 fully saturated rings. The SMILES string of the molecule is O=C(/C=C/c1cccs1)c1ccc(S(=O)(=O)NCc2ccc(F)cc2)cc1. The summed E-state index contributed by atoms with van der Waals surface area (Å²) in [6.45, 7) is 0.0485. The van der Waals surface area contributed by atoms with Crippen molar-refractivity contribution in [3.8, 4) is 0 Å². The number of carbonyl (C=O) groups excluding carboxylic acids is 1. The lowest BCUT2D eigenvalue weighted by Crippen LogP contribution is -2.23. The Kier molecular flexibility index (Phi) is 5.95. The van der Waals surface area contributed by atoms with Gasteiger partial charge in [0.2, 0.25) is 10.0 Å². The maximum atomic E-state index is 12.9. The first kappa shape index (κ1) is 19.2. The number of allylic oxidation sites excluding steroid dienone is 1. The van der Waals surface area contributed by atoms with Crippen LogP contribution in [0.2, 0.25) is 0 Å². The molecule has 0 aliphatic heterocycles. The van der Waals surface area contributed by atoms with Gasteiger partial charge < -0.3 is 0 Å². The van der Waals surface area contributed by atoms with Gasteiger partial charge in [-0.15, -0.1) is 11.3 Å². The maximum absolute atomic E-state index is 12.9. The molecular weight excluding hydrogens is 385 g/mol. The Morgan fingerprint density at radius 3 is 2.37 bits per heavy atom. The van der Waals surface area contributed by atoms with Crippen LogP contribution in [0.4, 0.5) is 4.39 Å². The fourth-order valence-electron chi connectivity index (χ4n) is 2.30. The zero-order chi connectivity index (χ0) is 19.3. The predicted octanol–water partition coefficient (Wildman–Crippen LogP) is 4.26. The van der Waals surface area contributed by atoms with Gasteiger partial charge in [-0.1, -0.05) is 18.2 Å². The third-order valence-corrected chi connectivity index (χ3v) is 6.03. The summed E-state index contributed by atoms with van der Waals surface area (Å²) in [4.78, 5) is 13.2. The van der Waals surface area contributed by atoms with Gasteiger partial charge in [-0.25, -0.2) is 17.5 Å². The molecule has 0 aliphatic rings. The monoisotopic (exact) mass is 401 g/mol. The largest absolute Gasteiger partial charge is 0.289 e. The standard InChI is InChI=1S/C20H16FNO3S2/c21-17-7-3-15(4-8-17)14-22-27(24,25)19-10-5-16(6-11-19)20(23)12-9-18-2-1-13-26-18/h1-13,22H,14H2/b12-9+. The van der Waals surface area contributed by atoms with Gasteiger partial charge in [0, 0.05) is 17.0 Å². The van der Waals surface area contributed by atoms with Gasteiger partial charge in [-0.2, -0.15) is 0 Å². The van der Waals surface area contributed by atoms with Crippen molar-refractivity contribution >= 4 is 33.2 Å². The smallest absolute Gasteiger partial charge is 0.240 e. The molecule has 0 aliphatic carbocycles. The molecule has 3 rings (SSSR count). The number of carbonyl (C=O) groups is 1. The number of ketones is 1. The Hall–Kier alpha value is -2.61. The molecule has 0 spiro atoms. The van der Waals surface area contributed by atoms with E-state index < -0.39 is 10.0 Å². The van der Waals surface area contributed by atoms with E-state index in [1.54, 1.807) is 6.08 Å². The van der Waals surface area contributed by atoms with Crippen LogP contribution in [0, 0.1) is 5.82 Å². The van der Waals surface area contributed by atoms with Crippen molar-refractivity contribution in [1.29, 1.82) is 0 Å². The molecule has 0 atom stereocenters. The number of hydrogen-bond acceptors (Lipinski definition) is 4. The molecule has 138 valence electrons. The van der Waals surface area contributed by atoms with E-state index in [-0.39, 0.29) is 23.0 Å². The first-order valence-electron chi connectivity index (χ1n) is 8.04. The minimum Gasteiger partial charge on any atom is -0.289 e. The molecule has 7 heteroatoms. The van der Waals surface area contributed by atoms with E-state index in [9.17, 15) is 17.6 Å². The van der Waals surface area contributed by atoms with Crippen molar-refractivity contribution in [3.05, 3.63) is 93.9 Å². The summed E-state index contributed by atoms with van der Waals surface area (Å²) in [6, 6.07) is 15.1. The number of hydrogen-bond donors (Lipinski definition) is 1. The average molecular weight is 401 g/mol. The molecule has 0 bridgehead atoms. The second kappa shape index (κ2) is 8.39. The second-order valence-corrected chi connectivity index (χ2v) is 8.43. The molecule has 1 aromatic heterocycles. The summed E-state index contributed by atoms with van der Waals surface area (Å²) >= 11 is 1.52. The van der Waals surface area contributed by atoms with Crippen LogP contribution in [0.3, 0.4) is 0 Å². The number of halogens is 1. The first-order chi connectivity index (χ1) is 12.9. The lowest BCUT2D eigenvalue weighted by Gasteiger charge is -2.07. The van der Waals surface area contributed by atoms with Crippen LogP contribution in [-0.2, 0) is 16.6 Å². The third kappa shape index (κ3) is 5.19. The minimum atomic E-state index is -3.73. The van der Waals surface area contributed by atoms with Gasteiger partial charge in [0.05, 0.1) is 4.90 Å². The van der Waals surface area contributed by atoms with E-state index in [1.165, 1.54) is 65.9 Å². The molecular formula is C20H16FNO3S2. The van der Waals surface area contributed by atoms with Crippen LogP contribution in [0.1, 0.15) is 20.8 Å². The van der Waals surface area contributed by atoms with Gasteiger partial charge in [0.1, 0.15) is 5.82 Å². The third-order valence-electron chi connectivity index (χ3n) is 3.77. The molecule has 2 aromatic carbocycles. The van der Waals surface area contributed by atoms with Crippen molar-refractivity contribution in [1.82, 2.24) is 4.72 Å². The fraction of sp³-hybridized carbons (Fsp3) is 0.0500. The molecule has 27 heavy (non-hydrogen) atoms. The Balaban J connectivity index is 1.66. The molecule has 1 heterocycles. The van der Waals surface area contributed by atoms with Gasteiger partial charge in [-0.3, -0.25) is 4.79 Å². The maximum Gasteiger partial charge on any atom is 0.240 e. The normalized spacial score (nSPS) is 11.7. The summed E-state index contributed by atoms with van der Waals surface area (Å²) in [7, 11) is -3.73. The predicted molar refractivity (Wildman–Crippen MR) is 105 cm³/mol. The van der Waals surface area contributed by atoms with Crippen molar-refractivity contribution < 1.29 is 17.6 Å². The Morgan fingerprint density at radius 1 is 1.04 bits per heavy atom. The van der Waals surface area contributed by atoms with Crippen LogP contribution in [-0.4, -0.2) is 14.2 Å². The molecule has 0 saturated carbocycles. The minimum absolute atomic E-state index is 0.0485. The first-order valence-corrected chi connectivity index (χ1v) is 10.4. The van der Waals surface area contributed by atoms with Gasteiger partial charge >= 0.3 is 0 Å². The second-order valence-electron chi connectivity index (χ2n) is 5.69. The quantitative estimate of drug-likeness (QED) is 0.475. The summed E-state index contributed by atoms with van der Waals surface area (Å²) in [5, 5.41) is 1.92. The van der Waals surface area contributed by atoms with Gasteiger partial charge in [0.25, 0.3) is 0 Å². The molecule has 0 amide bonds. The van der Waals surface area contributed by atoms with E-state index in [2.05, 4.69) is 4.72 Å². The Bertz CT molecular complexity index is 1040. The average Bonchev–Trinajstić information content (AvgIpc) is 3.19. The fourth-order valence-corrected chi connectivity index (χ4v) is 3.94. The van der Waals surface area contributed by atoms with E-state index in [4.69, 9.17) is 0 Å². The van der Waals surface area contributed by atoms with Gasteiger partial charge in [-0.05, 0) is 65.6 Å². The van der Waals surface area contributed by atoms with E-state index in [0.29, 0.717) is 11.1 Å². The van der Waals surface area contributed by atoms with Crippen molar-refractivity contribution in [2.24, 2.45) is 0 Å². The van der Waals surface area contributed by atoms with Crippen molar-refractivity contribution in [2.75, 3.05) is 0 Å². The number of sulfonamides is 1. The number of nitrogens with one attached hydrogen (secondary N) is 1. The van der Waals surface area contributed by atoms with Gasteiger partial charge in [0.15, 0.2) is 5.78 Å². The number of benzene rings is 2. The Labute approximate surface area is 161 Å². The highest BCUT2D eigenvalue weighted by Gasteiger charge is 2.14. The topological polar surface area (TPSA) is 63.2 Å².